The molecule has 168 valence electrons. The first-order valence-corrected chi connectivity index (χ1v) is 10.9. The number of carbonyl (C=O) groups is 1. The van der Waals surface area contributed by atoms with Gasteiger partial charge in [0, 0.05) is 18.5 Å². The van der Waals surface area contributed by atoms with Crippen molar-refractivity contribution >= 4 is 34.3 Å². The zero-order chi connectivity index (χ0) is 22.8. The molecule has 0 spiro atoms. The molecule has 1 saturated heterocycles. The van der Waals surface area contributed by atoms with Gasteiger partial charge in [0.15, 0.2) is 17.2 Å². The van der Waals surface area contributed by atoms with Crippen LogP contribution in [0, 0.1) is 6.57 Å². The molecule has 9 nitrogen and oxygen atoms in total. The fraction of sp³-hybridized carbons (Fsp3) is 0.333. The molecule has 0 aliphatic carbocycles. The molecule has 3 aromatic rings. The summed E-state index contributed by atoms with van der Waals surface area (Å²) in [5.41, 5.74) is 2.21. The minimum Gasteiger partial charge on any atom is -0.464 e. The summed E-state index contributed by atoms with van der Waals surface area (Å²) < 4.78 is 16.1. The number of carbonyl (C=O) groups excluding carboxylic acids is 1. The zero-order valence-electron chi connectivity index (χ0n) is 18.2. The third kappa shape index (κ3) is 4.07. The van der Waals surface area contributed by atoms with Crippen LogP contribution in [0.1, 0.15) is 25.3 Å². The standard InChI is InChI=1S/C24H23N5O4/c1-3-31-23(30)19-5-4-10-29(19)24-27-18-8-7-16(25-2)12-17(18)22(28-24)26-13-15-6-9-20-21(11-15)33-14-32-20/h6-9,11-12,19H,3-5,10,13-14H2,1H3,(H,26,27,28)/t19-/m0/s1. The number of hydrogen-bond donors (Lipinski definition) is 1. The Hall–Kier alpha value is -4.06. The lowest BCUT2D eigenvalue weighted by molar-refractivity contribution is -0.144. The molecule has 3 heterocycles. The monoisotopic (exact) mass is 445 g/mol. The van der Waals surface area contributed by atoms with E-state index in [0.717, 1.165) is 23.1 Å². The van der Waals surface area contributed by atoms with Crippen molar-refractivity contribution in [3.63, 3.8) is 0 Å². The molecular formula is C24H23N5O4. The van der Waals surface area contributed by atoms with E-state index in [-0.39, 0.29) is 12.8 Å². The molecule has 0 bridgehead atoms. The van der Waals surface area contributed by atoms with Crippen LogP contribution in [-0.4, -0.2) is 41.9 Å². The van der Waals surface area contributed by atoms with E-state index < -0.39 is 6.04 Å². The van der Waals surface area contributed by atoms with Gasteiger partial charge in [-0.15, -0.1) is 0 Å². The molecule has 5 rings (SSSR count). The molecule has 1 N–H and O–H groups in total. The van der Waals surface area contributed by atoms with Gasteiger partial charge in [0.05, 0.1) is 18.7 Å². The Morgan fingerprint density at radius 3 is 2.97 bits per heavy atom. The summed E-state index contributed by atoms with van der Waals surface area (Å²) >= 11 is 0. The van der Waals surface area contributed by atoms with Crippen molar-refractivity contribution in [2.24, 2.45) is 0 Å². The van der Waals surface area contributed by atoms with Gasteiger partial charge in [-0.05, 0) is 49.6 Å². The van der Waals surface area contributed by atoms with E-state index >= 15 is 0 Å². The lowest BCUT2D eigenvalue weighted by Gasteiger charge is -2.24. The highest BCUT2D eigenvalue weighted by Gasteiger charge is 2.34. The largest absolute Gasteiger partial charge is 0.464 e. The van der Waals surface area contributed by atoms with Crippen molar-refractivity contribution in [3.8, 4) is 11.5 Å². The summed E-state index contributed by atoms with van der Waals surface area (Å²) in [5.74, 6) is 2.27. The number of hydrogen-bond acceptors (Lipinski definition) is 8. The number of aromatic nitrogens is 2. The highest BCUT2D eigenvalue weighted by molar-refractivity contribution is 5.93. The first-order valence-electron chi connectivity index (χ1n) is 10.9. The number of ether oxygens (including phenoxy) is 3. The minimum absolute atomic E-state index is 0.225. The van der Waals surface area contributed by atoms with Crippen LogP contribution in [-0.2, 0) is 16.1 Å². The van der Waals surface area contributed by atoms with E-state index in [2.05, 4.69) is 10.2 Å². The van der Waals surface area contributed by atoms with Crippen molar-refractivity contribution in [1.29, 1.82) is 0 Å². The van der Waals surface area contributed by atoms with Gasteiger partial charge in [0.1, 0.15) is 11.9 Å². The second-order valence-electron chi connectivity index (χ2n) is 7.83. The van der Waals surface area contributed by atoms with Gasteiger partial charge < -0.3 is 24.4 Å². The van der Waals surface area contributed by atoms with E-state index in [1.807, 2.05) is 29.2 Å². The van der Waals surface area contributed by atoms with E-state index in [9.17, 15) is 4.79 Å². The van der Waals surface area contributed by atoms with Gasteiger partial charge in [0.2, 0.25) is 12.7 Å². The maximum Gasteiger partial charge on any atom is 0.328 e. The molecule has 2 aliphatic rings. The second kappa shape index (κ2) is 8.82. The third-order valence-electron chi connectivity index (χ3n) is 5.76. The van der Waals surface area contributed by atoms with Crippen molar-refractivity contribution < 1.29 is 19.0 Å². The van der Waals surface area contributed by atoms with Crippen LogP contribution >= 0.6 is 0 Å². The van der Waals surface area contributed by atoms with E-state index in [1.54, 1.807) is 19.1 Å². The Balaban J connectivity index is 1.49. The maximum absolute atomic E-state index is 12.5. The van der Waals surface area contributed by atoms with Gasteiger partial charge in [-0.1, -0.05) is 12.1 Å². The van der Waals surface area contributed by atoms with E-state index in [1.165, 1.54) is 0 Å². The van der Waals surface area contributed by atoms with Crippen LogP contribution < -0.4 is 19.7 Å². The topological polar surface area (TPSA) is 90.2 Å². The van der Waals surface area contributed by atoms with Crippen LogP contribution in [0.15, 0.2) is 36.4 Å². The molecule has 0 amide bonds. The molecule has 2 aromatic carbocycles. The number of nitrogens with zero attached hydrogens (tertiary/aromatic N) is 4. The average Bonchev–Trinajstić information content (AvgIpc) is 3.51. The molecule has 1 fully saturated rings. The lowest BCUT2D eigenvalue weighted by Crippen LogP contribution is -2.38. The Bertz CT molecular complexity index is 1260. The molecule has 0 radical (unpaired) electrons. The number of esters is 1. The second-order valence-corrected chi connectivity index (χ2v) is 7.83. The maximum atomic E-state index is 12.5. The molecule has 33 heavy (non-hydrogen) atoms. The van der Waals surface area contributed by atoms with Gasteiger partial charge in [-0.2, -0.15) is 4.98 Å². The fourth-order valence-corrected chi connectivity index (χ4v) is 4.16. The van der Waals surface area contributed by atoms with Crippen LogP contribution in [0.2, 0.25) is 0 Å². The van der Waals surface area contributed by atoms with Crippen molar-refractivity contribution in [2.75, 3.05) is 30.2 Å². The van der Waals surface area contributed by atoms with Crippen LogP contribution in [0.3, 0.4) is 0 Å². The Morgan fingerprint density at radius 1 is 1.24 bits per heavy atom. The lowest BCUT2D eigenvalue weighted by atomic mass is 10.2. The molecule has 9 heteroatoms. The molecule has 0 unspecified atom stereocenters. The Morgan fingerprint density at radius 2 is 2.12 bits per heavy atom. The molecular weight excluding hydrogens is 422 g/mol. The van der Waals surface area contributed by atoms with Crippen LogP contribution in [0.4, 0.5) is 17.5 Å². The van der Waals surface area contributed by atoms with Crippen LogP contribution in [0.25, 0.3) is 15.7 Å². The SMILES string of the molecule is [C-]#[N+]c1ccc2nc(N3CCC[C@H]3C(=O)OCC)nc(NCc3ccc4c(c3)OCO4)c2c1. The number of rotatable bonds is 6. The zero-order valence-corrected chi connectivity index (χ0v) is 18.2. The van der Waals surface area contributed by atoms with Crippen LogP contribution in [0.5, 0.6) is 11.5 Å². The molecule has 1 aromatic heterocycles. The number of fused-ring (bicyclic) bond motifs is 2. The van der Waals surface area contributed by atoms with Crippen molar-refractivity contribution in [3.05, 3.63) is 53.4 Å². The summed E-state index contributed by atoms with van der Waals surface area (Å²) in [5, 5.41) is 4.14. The molecule has 0 saturated carbocycles. The van der Waals surface area contributed by atoms with Gasteiger partial charge in [0.25, 0.3) is 0 Å². The van der Waals surface area contributed by atoms with Crippen molar-refractivity contribution in [2.45, 2.75) is 32.4 Å². The highest BCUT2D eigenvalue weighted by Crippen LogP contribution is 2.34. The number of nitrogens with one attached hydrogen (secondary N) is 1. The molecule has 1 atom stereocenters. The van der Waals surface area contributed by atoms with E-state index in [0.29, 0.717) is 54.8 Å². The summed E-state index contributed by atoms with van der Waals surface area (Å²) in [7, 11) is 0. The normalized spacial score (nSPS) is 16.6. The third-order valence-corrected chi connectivity index (χ3v) is 5.76. The quantitative estimate of drug-likeness (QED) is 0.449. The number of benzene rings is 2. The smallest absolute Gasteiger partial charge is 0.328 e. The summed E-state index contributed by atoms with van der Waals surface area (Å²) in [6.07, 6.45) is 1.57. The van der Waals surface area contributed by atoms with E-state index in [4.69, 9.17) is 30.8 Å². The summed E-state index contributed by atoms with van der Waals surface area (Å²) in [6.45, 7) is 10.9. The van der Waals surface area contributed by atoms with Gasteiger partial charge >= 0.3 is 5.97 Å². The average molecular weight is 445 g/mol. The minimum atomic E-state index is -0.397. The first kappa shape index (κ1) is 20.8. The first-order chi connectivity index (χ1) is 16.2. The number of anilines is 2. The molecule has 2 aliphatic heterocycles. The van der Waals surface area contributed by atoms with Gasteiger partial charge in [-0.25, -0.2) is 14.6 Å². The van der Waals surface area contributed by atoms with Crippen molar-refractivity contribution in [1.82, 2.24) is 9.97 Å². The Kier molecular flexibility index (Phi) is 5.57. The fourth-order valence-electron chi connectivity index (χ4n) is 4.16. The summed E-state index contributed by atoms with van der Waals surface area (Å²) in [4.78, 5) is 27.4. The summed E-state index contributed by atoms with van der Waals surface area (Å²) in [6, 6.07) is 10.7. The predicted octanol–water partition coefficient (Wildman–Crippen LogP) is 4.05. The predicted molar refractivity (Wildman–Crippen MR) is 123 cm³/mol. The highest BCUT2D eigenvalue weighted by atomic mass is 16.7. The Labute approximate surface area is 191 Å². The van der Waals surface area contributed by atoms with Gasteiger partial charge in [-0.3, -0.25) is 0 Å².